The Kier molecular flexibility index (Phi) is 5.17. The quantitative estimate of drug-likeness (QED) is 0.431. The van der Waals surface area contributed by atoms with Crippen molar-refractivity contribution in [3.8, 4) is 16.9 Å². The van der Waals surface area contributed by atoms with Gasteiger partial charge in [-0.3, -0.25) is 4.79 Å². The summed E-state index contributed by atoms with van der Waals surface area (Å²) in [6.07, 6.45) is 0. The molecule has 0 amide bonds. The molecule has 5 heteroatoms. The van der Waals surface area contributed by atoms with Gasteiger partial charge in [-0.05, 0) is 23.8 Å². The molecule has 0 aliphatic heterocycles. The first-order valence-corrected chi connectivity index (χ1v) is 10.3. The molecular weight excluding hydrogens is 384 g/mol. The molecule has 0 aliphatic rings. The summed E-state index contributed by atoms with van der Waals surface area (Å²) in [5.41, 5.74) is 5.22. The Balaban J connectivity index is 1.57. The van der Waals surface area contributed by atoms with Crippen molar-refractivity contribution >= 4 is 11.0 Å². The fraction of sp³-hybridized carbons (Fsp3) is 0.0769. The SMILES string of the molecule is O=c1[nH]c2c(cc1CNCc1ccccc1)c(-c1ccccc1)nn2-c1ccccc1. The predicted molar refractivity (Wildman–Crippen MR) is 124 cm³/mol. The number of pyridine rings is 1. The molecule has 0 fully saturated rings. The zero-order valence-corrected chi connectivity index (χ0v) is 17.0. The highest BCUT2D eigenvalue weighted by atomic mass is 16.1. The smallest absolute Gasteiger partial charge is 0.254 e. The Hall–Kier alpha value is -3.96. The maximum atomic E-state index is 12.9. The monoisotopic (exact) mass is 406 g/mol. The Labute approximate surface area is 180 Å². The second-order valence-electron chi connectivity index (χ2n) is 7.44. The maximum Gasteiger partial charge on any atom is 0.254 e. The molecular formula is C26H22N4O. The summed E-state index contributed by atoms with van der Waals surface area (Å²) in [7, 11) is 0. The van der Waals surface area contributed by atoms with E-state index in [0.29, 0.717) is 24.3 Å². The van der Waals surface area contributed by atoms with Crippen molar-refractivity contribution in [2.24, 2.45) is 0 Å². The van der Waals surface area contributed by atoms with Gasteiger partial charge in [0.05, 0.1) is 5.69 Å². The third kappa shape index (κ3) is 3.91. The Bertz CT molecular complexity index is 1360. The number of benzene rings is 3. The van der Waals surface area contributed by atoms with Gasteiger partial charge in [0, 0.05) is 29.6 Å². The zero-order valence-electron chi connectivity index (χ0n) is 17.0. The number of hydrogen-bond donors (Lipinski definition) is 2. The summed E-state index contributed by atoms with van der Waals surface area (Å²) in [5.74, 6) is 0. The minimum atomic E-state index is -0.107. The molecule has 0 saturated heterocycles. The van der Waals surface area contributed by atoms with Crippen LogP contribution in [0.15, 0.2) is 102 Å². The van der Waals surface area contributed by atoms with Gasteiger partial charge in [-0.1, -0.05) is 78.9 Å². The lowest BCUT2D eigenvalue weighted by Crippen LogP contribution is -2.21. The molecule has 2 heterocycles. The van der Waals surface area contributed by atoms with Crippen LogP contribution in [0.4, 0.5) is 0 Å². The largest absolute Gasteiger partial charge is 0.308 e. The molecule has 0 atom stereocenters. The summed E-state index contributed by atoms with van der Waals surface area (Å²) in [5, 5.41) is 9.16. The van der Waals surface area contributed by atoms with Gasteiger partial charge in [0.1, 0.15) is 11.3 Å². The van der Waals surface area contributed by atoms with Gasteiger partial charge in [0.2, 0.25) is 0 Å². The highest BCUT2D eigenvalue weighted by Crippen LogP contribution is 2.28. The Morgan fingerprint density at radius 2 is 1.45 bits per heavy atom. The fourth-order valence-corrected chi connectivity index (χ4v) is 3.75. The second-order valence-corrected chi connectivity index (χ2v) is 7.44. The summed E-state index contributed by atoms with van der Waals surface area (Å²) in [6.45, 7) is 1.18. The van der Waals surface area contributed by atoms with E-state index in [4.69, 9.17) is 5.10 Å². The summed E-state index contributed by atoms with van der Waals surface area (Å²) >= 11 is 0. The van der Waals surface area contributed by atoms with Crippen molar-refractivity contribution in [3.63, 3.8) is 0 Å². The first-order valence-electron chi connectivity index (χ1n) is 10.3. The van der Waals surface area contributed by atoms with Crippen LogP contribution in [0.2, 0.25) is 0 Å². The molecule has 0 radical (unpaired) electrons. The molecule has 5 aromatic rings. The molecule has 5 rings (SSSR count). The van der Waals surface area contributed by atoms with Crippen LogP contribution in [0.25, 0.3) is 28.0 Å². The van der Waals surface area contributed by atoms with Gasteiger partial charge in [-0.15, -0.1) is 0 Å². The second kappa shape index (κ2) is 8.42. The van der Waals surface area contributed by atoms with Gasteiger partial charge in [0.25, 0.3) is 5.56 Å². The molecule has 0 aliphatic carbocycles. The van der Waals surface area contributed by atoms with Gasteiger partial charge >= 0.3 is 0 Å². The highest BCUT2D eigenvalue weighted by molar-refractivity contribution is 5.92. The van der Waals surface area contributed by atoms with Crippen molar-refractivity contribution in [3.05, 3.63) is 119 Å². The number of fused-ring (bicyclic) bond motifs is 1. The van der Waals surface area contributed by atoms with Crippen LogP contribution in [0.3, 0.4) is 0 Å². The van der Waals surface area contributed by atoms with E-state index in [2.05, 4.69) is 22.4 Å². The standard InChI is InChI=1S/C26H22N4O/c31-26-21(18-27-17-19-10-4-1-5-11-19)16-23-24(20-12-6-2-7-13-20)29-30(25(23)28-26)22-14-8-3-9-15-22/h1-16,27H,17-18H2,(H,28,31). The van der Waals surface area contributed by atoms with Crippen LogP contribution in [0.1, 0.15) is 11.1 Å². The molecule has 0 spiro atoms. The molecule has 31 heavy (non-hydrogen) atoms. The fourth-order valence-electron chi connectivity index (χ4n) is 3.75. The molecule has 5 nitrogen and oxygen atoms in total. The predicted octanol–water partition coefficient (Wildman–Crippen LogP) is 4.67. The Morgan fingerprint density at radius 3 is 2.16 bits per heavy atom. The lowest BCUT2D eigenvalue weighted by Gasteiger charge is -2.06. The molecule has 0 bridgehead atoms. The van der Waals surface area contributed by atoms with Crippen LogP contribution < -0.4 is 10.9 Å². The van der Waals surface area contributed by atoms with Crippen LogP contribution in [-0.2, 0) is 13.1 Å². The minimum absolute atomic E-state index is 0.107. The zero-order chi connectivity index (χ0) is 21.0. The van der Waals surface area contributed by atoms with Crippen molar-refractivity contribution < 1.29 is 0 Å². The molecule has 3 aromatic carbocycles. The van der Waals surface area contributed by atoms with E-state index in [0.717, 1.165) is 22.3 Å². The van der Waals surface area contributed by atoms with Crippen molar-refractivity contribution in [2.75, 3.05) is 0 Å². The first-order chi connectivity index (χ1) is 15.3. The first kappa shape index (κ1) is 19.0. The van der Waals surface area contributed by atoms with E-state index in [1.54, 1.807) is 4.68 Å². The number of para-hydroxylation sites is 1. The van der Waals surface area contributed by atoms with Gasteiger partial charge in [0.15, 0.2) is 0 Å². The van der Waals surface area contributed by atoms with E-state index in [1.807, 2.05) is 84.9 Å². The van der Waals surface area contributed by atoms with Crippen molar-refractivity contribution in [1.29, 1.82) is 0 Å². The number of rotatable bonds is 6. The average molecular weight is 406 g/mol. The number of nitrogens with zero attached hydrogens (tertiary/aromatic N) is 2. The van der Waals surface area contributed by atoms with Crippen LogP contribution >= 0.6 is 0 Å². The van der Waals surface area contributed by atoms with E-state index in [9.17, 15) is 4.79 Å². The third-order valence-corrected chi connectivity index (χ3v) is 5.30. The lowest BCUT2D eigenvalue weighted by molar-refractivity contribution is 0.688. The lowest BCUT2D eigenvalue weighted by atomic mass is 10.1. The molecule has 2 aromatic heterocycles. The topological polar surface area (TPSA) is 62.7 Å². The van der Waals surface area contributed by atoms with Gasteiger partial charge < -0.3 is 10.3 Å². The highest BCUT2D eigenvalue weighted by Gasteiger charge is 2.16. The minimum Gasteiger partial charge on any atom is -0.308 e. The van der Waals surface area contributed by atoms with Crippen LogP contribution in [0.5, 0.6) is 0 Å². The number of hydrogen-bond acceptors (Lipinski definition) is 3. The van der Waals surface area contributed by atoms with E-state index in [-0.39, 0.29) is 5.56 Å². The molecule has 0 unspecified atom stereocenters. The van der Waals surface area contributed by atoms with Crippen LogP contribution in [0, 0.1) is 0 Å². The number of H-pyrrole nitrogens is 1. The van der Waals surface area contributed by atoms with E-state index in [1.165, 1.54) is 5.56 Å². The summed E-state index contributed by atoms with van der Waals surface area (Å²) < 4.78 is 1.81. The molecule has 2 N–H and O–H groups in total. The van der Waals surface area contributed by atoms with E-state index >= 15 is 0 Å². The third-order valence-electron chi connectivity index (χ3n) is 5.30. The van der Waals surface area contributed by atoms with E-state index < -0.39 is 0 Å². The van der Waals surface area contributed by atoms with Crippen LogP contribution in [-0.4, -0.2) is 14.8 Å². The summed E-state index contributed by atoms with van der Waals surface area (Å²) in [6, 6.07) is 32.0. The number of aromatic nitrogens is 3. The number of aromatic amines is 1. The van der Waals surface area contributed by atoms with Crippen molar-refractivity contribution in [2.45, 2.75) is 13.1 Å². The van der Waals surface area contributed by atoms with Gasteiger partial charge in [-0.2, -0.15) is 5.10 Å². The van der Waals surface area contributed by atoms with Crippen molar-refractivity contribution in [1.82, 2.24) is 20.1 Å². The van der Waals surface area contributed by atoms with Gasteiger partial charge in [-0.25, -0.2) is 4.68 Å². The average Bonchev–Trinajstić information content (AvgIpc) is 3.19. The molecule has 152 valence electrons. The Morgan fingerprint density at radius 1 is 0.806 bits per heavy atom. The maximum absolute atomic E-state index is 12.9. The normalized spacial score (nSPS) is 11.1. The summed E-state index contributed by atoms with van der Waals surface area (Å²) in [4.78, 5) is 15.9. The molecule has 0 saturated carbocycles. The number of nitrogens with one attached hydrogen (secondary N) is 2.